The standard InChI is InChI=1S/C28H32F3N5O.CO2/c1-20-11-13-36(14-12-20)26-8-4-5-21(33-26)19-32-25-10-9-23(28(29,30)31)27(34-25)22-6-2-3-7-24(22)35-15-17-37-18-16-35;2-1-3/h2-10,20H,11-19H2,1H3,(H,32,34);. The molecule has 1 N–H and O–H groups in total. The lowest BCUT2D eigenvalue weighted by Gasteiger charge is -2.31. The third-order valence-electron chi connectivity index (χ3n) is 7.06. The summed E-state index contributed by atoms with van der Waals surface area (Å²) in [6, 6.07) is 15.5. The van der Waals surface area contributed by atoms with Gasteiger partial charge in [0, 0.05) is 37.4 Å². The summed E-state index contributed by atoms with van der Waals surface area (Å²) in [7, 11) is 0. The lowest BCUT2D eigenvalue weighted by molar-refractivity contribution is -0.191. The van der Waals surface area contributed by atoms with E-state index in [9.17, 15) is 13.2 Å². The molecule has 0 amide bonds. The van der Waals surface area contributed by atoms with Gasteiger partial charge in [0.1, 0.15) is 11.6 Å². The number of benzene rings is 1. The van der Waals surface area contributed by atoms with Crippen molar-refractivity contribution in [2.75, 3.05) is 54.5 Å². The zero-order valence-electron chi connectivity index (χ0n) is 22.3. The Hall–Kier alpha value is -3.95. The van der Waals surface area contributed by atoms with E-state index < -0.39 is 11.7 Å². The van der Waals surface area contributed by atoms with Gasteiger partial charge in [0.25, 0.3) is 0 Å². The molecule has 0 unspecified atom stereocenters. The molecule has 2 aliphatic heterocycles. The number of hydrogen-bond acceptors (Lipinski definition) is 8. The molecule has 11 heteroatoms. The first kappa shape index (κ1) is 29.0. The molecule has 2 aromatic heterocycles. The summed E-state index contributed by atoms with van der Waals surface area (Å²) in [6.45, 7) is 6.92. The van der Waals surface area contributed by atoms with Crippen molar-refractivity contribution in [3.8, 4) is 11.3 Å². The summed E-state index contributed by atoms with van der Waals surface area (Å²) in [4.78, 5) is 29.9. The second-order valence-corrected chi connectivity index (χ2v) is 9.80. The van der Waals surface area contributed by atoms with Crippen molar-refractivity contribution in [1.29, 1.82) is 0 Å². The van der Waals surface area contributed by atoms with Crippen LogP contribution in [0.15, 0.2) is 54.6 Å². The Labute approximate surface area is 231 Å². The first-order chi connectivity index (χ1) is 19.3. The summed E-state index contributed by atoms with van der Waals surface area (Å²) < 4.78 is 47.5. The monoisotopic (exact) mass is 555 g/mol. The summed E-state index contributed by atoms with van der Waals surface area (Å²) >= 11 is 0. The Bertz CT molecular complexity index is 1300. The SMILES string of the molecule is CC1CCN(c2cccc(CNc3ccc(C(F)(F)F)c(-c4ccccc4N4CCOCC4)n3)n2)CC1.O=C=O. The van der Waals surface area contributed by atoms with Gasteiger partial charge in [-0.15, -0.1) is 0 Å². The largest absolute Gasteiger partial charge is 0.418 e. The lowest BCUT2D eigenvalue weighted by atomic mass is 9.99. The van der Waals surface area contributed by atoms with Gasteiger partial charge in [-0.3, -0.25) is 0 Å². The molecule has 40 heavy (non-hydrogen) atoms. The van der Waals surface area contributed by atoms with Crippen molar-refractivity contribution >= 4 is 23.5 Å². The van der Waals surface area contributed by atoms with Crippen molar-refractivity contribution in [2.24, 2.45) is 5.92 Å². The van der Waals surface area contributed by atoms with E-state index in [0.29, 0.717) is 44.2 Å². The van der Waals surface area contributed by atoms with Crippen LogP contribution in [0.2, 0.25) is 0 Å². The molecule has 0 aliphatic carbocycles. The number of halogens is 3. The van der Waals surface area contributed by atoms with Gasteiger partial charge in [0.2, 0.25) is 0 Å². The van der Waals surface area contributed by atoms with Crippen LogP contribution in [0.4, 0.5) is 30.5 Å². The number of nitrogens with one attached hydrogen (secondary N) is 1. The van der Waals surface area contributed by atoms with Crippen LogP contribution < -0.4 is 15.1 Å². The van der Waals surface area contributed by atoms with Gasteiger partial charge in [0.05, 0.1) is 36.7 Å². The number of piperidine rings is 1. The van der Waals surface area contributed by atoms with Crippen molar-refractivity contribution in [1.82, 2.24) is 9.97 Å². The molecule has 1 aromatic carbocycles. The third kappa shape index (κ3) is 7.37. The molecule has 2 fully saturated rings. The van der Waals surface area contributed by atoms with Crippen LogP contribution in [0.5, 0.6) is 0 Å². The Morgan fingerprint density at radius 3 is 2.33 bits per heavy atom. The number of para-hydroxylation sites is 1. The fraction of sp³-hybridized carbons (Fsp3) is 0.414. The van der Waals surface area contributed by atoms with Crippen LogP contribution in [0.3, 0.4) is 0 Å². The molecule has 2 saturated heterocycles. The zero-order chi connectivity index (χ0) is 28.5. The maximum atomic E-state index is 14.0. The van der Waals surface area contributed by atoms with Crippen molar-refractivity contribution < 1.29 is 27.5 Å². The number of ether oxygens (including phenoxy) is 1. The molecule has 0 radical (unpaired) electrons. The van der Waals surface area contributed by atoms with Gasteiger partial charge in [-0.1, -0.05) is 31.2 Å². The van der Waals surface area contributed by atoms with E-state index in [4.69, 9.17) is 19.3 Å². The van der Waals surface area contributed by atoms with Crippen molar-refractivity contribution in [2.45, 2.75) is 32.5 Å². The van der Waals surface area contributed by atoms with Gasteiger partial charge in [0.15, 0.2) is 0 Å². The molecule has 5 rings (SSSR count). The van der Waals surface area contributed by atoms with E-state index in [0.717, 1.165) is 55.1 Å². The Balaban J connectivity index is 0.00000118. The van der Waals surface area contributed by atoms with Gasteiger partial charge < -0.3 is 19.9 Å². The van der Waals surface area contributed by atoms with Gasteiger partial charge >= 0.3 is 12.3 Å². The maximum absolute atomic E-state index is 14.0. The summed E-state index contributed by atoms with van der Waals surface area (Å²) in [5.41, 5.74) is 1.17. The van der Waals surface area contributed by atoms with Crippen LogP contribution in [0, 0.1) is 5.92 Å². The first-order valence-electron chi connectivity index (χ1n) is 13.2. The molecule has 3 aromatic rings. The van der Waals surface area contributed by atoms with E-state index in [1.165, 1.54) is 6.07 Å². The fourth-order valence-electron chi connectivity index (χ4n) is 4.91. The summed E-state index contributed by atoms with van der Waals surface area (Å²) in [5.74, 6) is 2.04. The molecular weight excluding hydrogens is 523 g/mol. The Morgan fingerprint density at radius 1 is 0.925 bits per heavy atom. The van der Waals surface area contributed by atoms with E-state index in [1.54, 1.807) is 12.1 Å². The molecule has 8 nitrogen and oxygen atoms in total. The third-order valence-corrected chi connectivity index (χ3v) is 7.06. The number of rotatable bonds is 6. The molecule has 212 valence electrons. The number of nitrogens with zero attached hydrogens (tertiary/aromatic N) is 4. The molecule has 0 saturated carbocycles. The molecule has 0 atom stereocenters. The smallest absolute Gasteiger partial charge is 0.378 e. The maximum Gasteiger partial charge on any atom is 0.418 e. The van der Waals surface area contributed by atoms with E-state index in [1.807, 2.05) is 30.3 Å². The molecule has 0 bridgehead atoms. The average Bonchev–Trinajstić information content (AvgIpc) is 2.97. The van der Waals surface area contributed by atoms with Crippen molar-refractivity contribution in [3.05, 3.63) is 65.9 Å². The van der Waals surface area contributed by atoms with Gasteiger partial charge in [-0.25, -0.2) is 9.97 Å². The highest BCUT2D eigenvalue weighted by atomic mass is 19.4. The average molecular weight is 556 g/mol. The van der Waals surface area contributed by atoms with E-state index in [-0.39, 0.29) is 11.8 Å². The number of morpholine rings is 1. The predicted octanol–water partition coefficient (Wildman–Crippen LogP) is 5.26. The zero-order valence-corrected chi connectivity index (χ0v) is 22.3. The molecule has 2 aliphatic rings. The number of pyridine rings is 2. The number of anilines is 3. The van der Waals surface area contributed by atoms with Crippen LogP contribution in [-0.2, 0) is 27.0 Å². The highest BCUT2D eigenvalue weighted by molar-refractivity contribution is 5.79. The minimum Gasteiger partial charge on any atom is -0.378 e. The van der Waals surface area contributed by atoms with Crippen molar-refractivity contribution in [3.63, 3.8) is 0 Å². The van der Waals surface area contributed by atoms with Crippen LogP contribution in [-0.4, -0.2) is 55.5 Å². The van der Waals surface area contributed by atoms with E-state index >= 15 is 0 Å². The van der Waals surface area contributed by atoms with Crippen LogP contribution >= 0.6 is 0 Å². The van der Waals surface area contributed by atoms with Crippen LogP contribution in [0.1, 0.15) is 31.0 Å². The number of aromatic nitrogens is 2. The van der Waals surface area contributed by atoms with Gasteiger partial charge in [-0.05, 0) is 49.1 Å². The van der Waals surface area contributed by atoms with E-state index in [2.05, 4.69) is 27.0 Å². The molecule has 4 heterocycles. The fourth-order valence-corrected chi connectivity index (χ4v) is 4.91. The number of hydrogen-bond donors (Lipinski definition) is 1. The minimum absolute atomic E-state index is 0.0799. The molecular formula is C29H32F3N5O3. The quantitative estimate of drug-likeness (QED) is 0.441. The van der Waals surface area contributed by atoms with Crippen LogP contribution in [0.25, 0.3) is 11.3 Å². The second kappa shape index (κ2) is 13.4. The predicted molar refractivity (Wildman–Crippen MR) is 145 cm³/mol. The summed E-state index contributed by atoms with van der Waals surface area (Å²) in [5, 5.41) is 3.19. The summed E-state index contributed by atoms with van der Waals surface area (Å²) in [6.07, 6.45) is -1.98. The lowest BCUT2D eigenvalue weighted by Crippen LogP contribution is -2.36. The van der Waals surface area contributed by atoms with Gasteiger partial charge in [-0.2, -0.15) is 22.8 Å². The highest BCUT2D eigenvalue weighted by Crippen LogP contribution is 2.40. The number of alkyl halides is 3. The normalized spacial score (nSPS) is 16.1. The molecule has 0 spiro atoms. The number of carbonyl (C=O) groups excluding carboxylic acids is 2. The topological polar surface area (TPSA) is 87.7 Å². The minimum atomic E-state index is -4.53. The Morgan fingerprint density at radius 2 is 1.62 bits per heavy atom. The highest BCUT2D eigenvalue weighted by Gasteiger charge is 2.35. The Kier molecular flexibility index (Phi) is 9.74. The first-order valence-corrected chi connectivity index (χ1v) is 13.2. The second-order valence-electron chi connectivity index (χ2n) is 9.80.